The highest BCUT2D eigenvalue weighted by Crippen LogP contribution is 2.29. The first-order valence-electron chi connectivity index (χ1n) is 6.94. The predicted octanol–water partition coefficient (Wildman–Crippen LogP) is 5.10. The quantitative estimate of drug-likeness (QED) is 0.798. The summed E-state index contributed by atoms with van der Waals surface area (Å²) in [6, 6.07) is 13.7. The maximum Gasteiger partial charge on any atom is 0.0393 e. The van der Waals surface area contributed by atoms with Crippen molar-refractivity contribution in [3.05, 3.63) is 57.8 Å². The van der Waals surface area contributed by atoms with E-state index < -0.39 is 0 Å². The third kappa shape index (κ3) is 3.46. The van der Waals surface area contributed by atoms with Gasteiger partial charge in [0.1, 0.15) is 0 Å². The lowest BCUT2D eigenvalue weighted by Gasteiger charge is -2.27. The van der Waals surface area contributed by atoms with Gasteiger partial charge in [0.15, 0.2) is 0 Å². The van der Waals surface area contributed by atoms with E-state index in [1.165, 1.54) is 16.0 Å². The minimum Gasteiger partial charge on any atom is -0.302 e. The summed E-state index contributed by atoms with van der Waals surface area (Å²) < 4.78 is 0. The van der Waals surface area contributed by atoms with Crippen LogP contribution in [0.15, 0.2) is 41.8 Å². The van der Waals surface area contributed by atoms with E-state index in [-0.39, 0.29) is 0 Å². The van der Waals surface area contributed by atoms with Crippen LogP contribution in [0, 0.1) is 12.8 Å². The van der Waals surface area contributed by atoms with Gasteiger partial charge in [-0.1, -0.05) is 44.2 Å². The highest BCUT2D eigenvalue weighted by atomic mass is 32.1. The summed E-state index contributed by atoms with van der Waals surface area (Å²) >= 11 is 1.84. The van der Waals surface area contributed by atoms with E-state index >= 15 is 0 Å². The lowest BCUT2D eigenvalue weighted by Crippen LogP contribution is -2.28. The van der Waals surface area contributed by atoms with Crippen molar-refractivity contribution >= 4 is 11.3 Å². The van der Waals surface area contributed by atoms with E-state index in [9.17, 15) is 0 Å². The standard InChI is InChI=1S/C17H23NS/c1-12(2)16(15-8-6-5-7-9-15)18-14(4)17-13(3)10-11-19-17/h5-12,14,16,18H,1-4H3. The SMILES string of the molecule is Cc1ccsc1C(C)NC(c1ccccc1)C(C)C. The second-order valence-electron chi connectivity index (χ2n) is 5.49. The van der Waals surface area contributed by atoms with Crippen LogP contribution in [-0.4, -0.2) is 0 Å². The average molecular weight is 273 g/mol. The maximum atomic E-state index is 3.79. The minimum absolute atomic E-state index is 0.396. The van der Waals surface area contributed by atoms with Crippen LogP contribution in [0.5, 0.6) is 0 Å². The zero-order chi connectivity index (χ0) is 13.8. The van der Waals surface area contributed by atoms with Gasteiger partial charge < -0.3 is 5.32 Å². The molecule has 0 amide bonds. The molecule has 0 aliphatic rings. The van der Waals surface area contributed by atoms with Crippen molar-refractivity contribution in [1.29, 1.82) is 0 Å². The first-order valence-corrected chi connectivity index (χ1v) is 7.82. The maximum absolute atomic E-state index is 3.79. The van der Waals surface area contributed by atoms with E-state index in [4.69, 9.17) is 0 Å². The zero-order valence-electron chi connectivity index (χ0n) is 12.2. The van der Waals surface area contributed by atoms with E-state index in [0.29, 0.717) is 18.0 Å². The Bertz CT molecular complexity index is 501. The molecule has 0 saturated carbocycles. The molecule has 2 unspecified atom stereocenters. The smallest absolute Gasteiger partial charge is 0.0393 e. The molecule has 0 bridgehead atoms. The van der Waals surface area contributed by atoms with Crippen molar-refractivity contribution in [3.63, 3.8) is 0 Å². The van der Waals surface area contributed by atoms with Crippen LogP contribution in [0.2, 0.25) is 0 Å². The molecule has 1 N–H and O–H groups in total. The molecule has 102 valence electrons. The van der Waals surface area contributed by atoms with Gasteiger partial charge in [0.05, 0.1) is 0 Å². The predicted molar refractivity (Wildman–Crippen MR) is 84.6 cm³/mol. The van der Waals surface area contributed by atoms with Gasteiger partial charge in [-0.15, -0.1) is 11.3 Å². The largest absolute Gasteiger partial charge is 0.302 e. The van der Waals surface area contributed by atoms with Crippen molar-refractivity contribution in [3.8, 4) is 0 Å². The van der Waals surface area contributed by atoms with Gasteiger partial charge >= 0.3 is 0 Å². The number of thiophene rings is 1. The number of rotatable bonds is 5. The molecule has 2 heteroatoms. The Hall–Kier alpha value is -1.12. The fourth-order valence-electron chi connectivity index (χ4n) is 2.51. The molecule has 1 heterocycles. The summed E-state index contributed by atoms with van der Waals surface area (Å²) in [5.74, 6) is 0.574. The molecule has 0 spiro atoms. The molecule has 0 radical (unpaired) electrons. The van der Waals surface area contributed by atoms with Gasteiger partial charge in [-0.25, -0.2) is 0 Å². The summed E-state index contributed by atoms with van der Waals surface area (Å²) in [7, 11) is 0. The highest BCUT2D eigenvalue weighted by Gasteiger charge is 2.19. The molecular weight excluding hydrogens is 250 g/mol. The Balaban J connectivity index is 2.16. The lowest BCUT2D eigenvalue weighted by atomic mass is 9.95. The average Bonchev–Trinajstić information content (AvgIpc) is 2.82. The topological polar surface area (TPSA) is 12.0 Å². The van der Waals surface area contributed by atoms with Crippen molar-refractivity contribution < 1.29 is 0 Å². The Morgan fingerprint density at radius 1 is 1.00 bits per heavy atom. The monoisotopic (exact) mass is 273 g/mol. The second-order valence-corrected chi connectivity index (χ2v) is 6.44. The first-order chi connectivity index (χ1) is 9.09. The molecule has 19 heavy (non-hydrogen) atoms. The zero-order valence-corrected chi connectivity index (χ0v) is 13.0. The van der Waals surface area contributed by atoms with Crippen LogP contribution in [0.4, 0.5) is 0 Å². The van der Waals surface area contributed by atoms with Crippen LogP contribution in [0.25, 0.3) is 0 Å². The molecular formula is C17H23NS. The fraction of sp³-hybridized carbons (Fsp3) is 0.412. The molecule has 0 aliphatic carbocycles. The Morgan fingerprint density at radius 2 is 1.68 bits per heavy atom. The Labute approximate surface area is 120 Å². The molecule has 1 aromatic heterocycles. The van der Waals surface area contributed by atoms with E-state index in [2.05, 4.69) is 74.8 Å². The summed E-state index contributed by atoms with van der Waals surface area (Å²) in [6.45, 7) is 9.01. The third-order valence-electron chi connectivity index (χ3n) is 3.55. The van der Waals surface area contributed by atoms with E-state index in [0.717, 1.165) is 0 Å². The number of benzene rings is 1. The molecule has 0 aliphatic heterocycles. The number of aryl methyl sites for hydroxylation is 1. The molecule has 1 nitrogen and oxygen atoms in total. The van der Waals surface area contributed by atoms with Crippen LogP contribution < -0.4 is 5.32 Å². The van der Waals surface area contributed by atoms with E-state index in [1.54, 1.807) is 0 Å². The molecule has 0 saturated heterocycles. The summed E-state index contributed by atoms with van der Waals surface area (Å²) in [5, 5.41) is 5.96. The number of nitrogens with one attached hydrogen (secondary N) is 1. The van der Waals surface area contributed by atoms with Crippen molar-refractivity contribution in [2.75, 3.05) is 0 Å². The minimum atomic E-state index is 0.396. The summed E-state index contributed by atoms with van der Waals surface area (Å²) in [4.78, 5) is 1.45. The molecule has 2 rings (SSSR count). The van der Waals surface area contributed by atoms with Gasteiger partial charge in [0, 0.05) is 17.0 Å². The first kappa shape index (κ1) is 14.3. The van der Waals surface area contributed by atoms with Crippen LogP contribution in [-0.2, 0) is 0 Å². The molecule has 1 aromatic carbocycles. The van der Waals surface area contributed by atoms with Crippen LogP contribution in [0.1, 0.15) is 48.9 Å². The third-order valence-corrected chi connectivity index (χ3v) is 4.75. The summed E-state index contributed by atoms with van der Waals surface area (Å²) in [5.41, 5.74) is 2.76. The highest BCUT2D eigenvalue weighted by molar-refractivity contribution is 7.10. The van der Waals surface area contributed by atoms with Crippen molar-refractivity contribution in [2.24, 2.45) is 5.92 Å². The normalized spacial score (nSPS) is 14.6. The molecule has 2 atom stereocenters. The second kappa shape index (κ2) is 6.36. The lowest BCUT2D eigenvalue weighted by molar-refractivity contribution is 0.376. The molecule has 2 aromatic rings. The van der Waals surface area contributed by atoms with Gasteiger partial charge in [-0.3, -0.25) is 0 Å². The van der Waals surface area contributed by atoms with Crippen LogP contribution >= 0.6 is 11.3 Å². The van der Waals surface area contributed by atoms with Gasteiger partial charge in [0.2, 0.25) is 0 Å². The van der Waals surface area contributed by atoms with Crippen molar-refractivity contribution in [2.45, 2.75) is 39.8 Å². The van der Waals surface area contributed by atoms with Gasteiger partial charge in [0.25, 0.3) is 0 Å². The number of hydrogen-bond acceptors (Lipinski definition) is 2. The van der Waals surface area contributed by atoms with Crippen molar-refractivity contribution in [1.82, 2.24) is 5.32 Å². The van der Waals surface area contributed by atoms with E-state index in [1.807, 2.05) is 11.3 Å². The fourth-order valence-corrected chi connectivity index (χ4v) is 3.45. The van der Waals surface area contributed by atoms with Gasteiger partial charge in [-0.05, 0) is 42.3 Å². The number of hydrogen-bond donors (Lipinski definition) is 1. The Morgan fingerprint density at radius 3 is 2.21 bits per heavy atom. The molecule has 0 fully saturated rings. The summed E-state index contributed by atoms with van der Waals surface area (Å²) in [6.07, 6.45) is 0. The van der Waals surface area contributed by atoms with Crippen LogP contribution in [0.3, 0.4) is 0 Å². The Kier molecular flexibility index (Phi) is 4.78. The van der Waals surface area contributed by atoms with Gasteiger partial charge in [-0.2, -0.15) is 0 Å².